The van der Waals surface area contributed by atoms with Gasteiger partial charge in [0.15, 0.2) is 17.7 Å². The fourth-order valence-corrected chi connectivity index (χ4v) is 3.81. The fraction of sp³-hybridized carbons (Fsp3) is 0.294. The molecule has 0 radical (unpaired) electrons. The maximum Gasteiger partial charge on any atom is 0.346 e. The van der Waals surface area contributed by atoms with E-state index in [9.17, 15) is 28.9 Å². The van der Waals surface area contributed by atoms with E-state index in [1.165, 1.54) is 29.4 Å². The number of fused-ring (bicyclic) bond motifs is 1. The highest BCUT2D eigenvalue weighted by molar-refractivity contribution is 7.46. The van der Waals surface area contributed by atoms with E-state index in [1.807, 2.05) is 0 Å². The third kappa shape index (κ3) is 4.19. The second-order valence-electron chi connectivity index (χ2n) is 6.73. The Bertz CT molecular complexity index is 1210. The summed E-state index contributed by atoms with van der Waals surface area (Å²) in [6, 6.07) is 4.62. The first kappa shape index (κ1) is 22.2. The van der Waals surface area contributed by atoms with Crippen LogP contribution in [0.3, 0.4) is 0 Å². The number of phosphoric acid groups is 1. The Morgan fingerprint density at radius 3 is 2.78 bits per heavy atom. The zero-order valence-corrected chi connectivity index (χ0v) is 16.9. The Morgan fingerprint density at radius 1 is 1.28 bits per heavy atom. The standard InChI is InChI=1S/C17H17FN5O8P/c18-9-4-2-1-3-8(9)17(26)31-32(27,28)29-5-10-12(24)13(25)16(30-10)23-7-22-11-14(19)20-6-21-15(11)23/h1-4,6-7,10,12-13,16,24-25H,5H2,(H,27,28)(H2,19,20,21)/p-1/t10-,12-,13-,16-/m1/s1. The van der Waals surface area contributed by atoms with E-state index in [0.29, 0.717) is 0 Å². The summed E-state index contributed by atoms with van der Waals surface area (Å²) in [7, 11) is -5.25. The van der Waals surface area contributed by atoms with Gasteiger partial charge in [-0.2, -0.15) is 0 Å². The van der Waals surface area contributed by atoms with Crippen molar-refractivity contribution >= 4 is 30.8 Å². The summed E-state index contributed by atoms with van der Waals surface area (Å²) >= 11 is 0. The molecule has 2 aromatic heterocycles. The predicted molar refractivity (Wildman–Crippen MR) is 101 cm³/mol. The van der Waals surface area contributed by atoms with Crippen molar-refractivity contribution in [3.05, 3.63) is 48.3 Å². The second-order valence-corrected chi connectivity index (χ2v) is 8.07. The van der Waals surface area contributed by atoms with Crippen LogP contribution in [0.15, 0.2) is 36.9 Å². The molecule has 0 spiro atoms. The van der Waals surface area contributed by atoms with Gasteiger partial charge in [0.1, 0.15) is 36.0 Å². The molecule has 1 fully saturated rings. The molecule has 1 saturated heterocycles. The van der Waals surface area contributed by atoms with Crippen LogP contribution in [0.25, 0.3) is 11.2 Å². The zero-order valence-electron chi connectivity index (χ0n) is 16.0. The molecule has 0 saturated carbocycles. The molecule has 1 aromatic carbocycles. The summed E-state index contributed by atoms with van der Waals surface area (Å²) in [4.78, 5) is 35.7. The van der Waals surface area contributed by atoms with Gasteiger partial charge in [0.2, 0.25) is 0 Å². The molecule has 1 unspecified atom stereocenters. The number of benzene rings is 1. The van der Waals surface area contributed by atoms with Crippen LogP contribution in [0.5, 0.6) is 0 Å². The topological polar surface area (TPSA) is 195 Å². The minimum Gasteiger partial charge on any atom is -0.746 e. The van der Waals surface area contributed by atoms with Crippen molar-refractivity contribution in [2.24, 2.45) is 0 Å². The molecule has 13 nitrogen and oxygen atoms in total. The van der Waals surface area contributed by atoms with Gasteiger partial charge in [-0.3, -0.25) is 9.13 Å². The molecule has 0 bridgehead atoms. The van der Waals surface area contributed by atoms with Gasteiger partial charge in [0.25, 0.3) is 0 Å². The maximum atomic E-state index is 13.6. The third-order valence-corrected chi connectivity index (χ3v) is 5.54. The minimum atomic E-state index is -5.25. The minimum absolute atomic E-state index is 0.0885. The lowest BCUT2D eigenvalue weighted by molar-refractivity contribution is -0.222. The van der Waals surface area contributed by atoms with Gasteiger partial charge in [0, 0.05) is 0 Å². The zero-order chi connectivity index (χ0) is 23.0. The van der Waals surface area contributed by atoms with Crippen LogP contribution in [0.2, 0.25) is 0 Å². The smallest absolute Gasteiger partial charge is 0.346 e. The number of hydrogen-bond acceptors (Lipinski definition) is 12. The van der Waals surface area contributed by atoms with Crippen molar-refractivity contribution in [1.82, 2.24) is 19.5 Å². The quantitative estimate of drug-likeness (QED) is 0.393. The van der Waals surface area contributed by atoms with Gasteiger partial charge in [-0.25, -0.2) is 24.1 Å². The van der Waals surface area contributed by atoms with Crippen LogP contribution in [0.1, 0.15) is 16.6 Å². The summed E-state index contributed by atoms with van der Waals surface area (Å²) < 4.78 is 41.3. The first-order valence-electron chi connectivity index (χ1n) is 9.06. The molecule has 15 heteroatoms. The highest BCUT2D eigenvalue weighted by atomic mass is 31.2. The average Bonchev–Trinajstić information content (AvgIpc) is 3.29. The number of halogens is 1. The van der Waals surface area contributed by atoms with E-state index in [2.05, 4.69) is 24.0 Å². The summed E-state index contributed by atoms with van der Waals surface area (Å²) in [6.45, 7) is -0.802. The molecule has 1 aliphatic heterocycles. The lowest BCUT2D eigenvalue weighted by Crippen LogP contribution is -2.34. The number of nitrogens with two attached hydrogens (primary N) is 1. The van der Waals surface area contributed by atoms with E-state index in [1.54, 1.807) is 0 Å². The molecule has 3 aromatic rings. The second kappa shape index (κ2) is 8.50. The Balaban J connectivity index is 1.43. The summed E-state index contributed by atoms with van der Waals surface area (Å²) in [6.07, 6.45) is -3.19. The average molecular weight is 468 g/mol. The number of rotatable bonds is 6. The fourth-order valence-electron chi connectivity index (χ4n) is 3.12. The van der Waals surface area contributed by atoms with E-state index in [4.69, 9.17) is 10.5 Å². The highest BCUT2D eigenvalue weighted by Crippen LogP contribution is 2.41. The van der Waals surface area contributed by atoms with Crippen LogP contribution < -0.4 is 10.6 Å². The van der Waals surface area contributed by atoms with Crippen LogP contribution in [0, 0.1) is 5.82 Å². The van der Waals surface area contributed by atoms with E-state index in [0.717, 1.165) is 12.1 Å². The van der Waals surface area contributed by atoms with Crippen molar-refractivity contribution in [2.45, 2.75) is 24.5 Å². The lowest BCUT2D eigenvalue weighted by atomic mass is 10.1. The lowest BCUT2D eigenvalue weighted by Gasteiger charge is -2.24. The number of anilines is 1. The normalized spacial score (nSPS) is 25.0. The number of imidazole rings is 1. The van der Waals surface area contributed by atoms with Gasteiger partial charge < -0.3 is 34.6 Å². The number of ether oxygens (including phenoxy) is 1. The first-order chi connectivity index (χ1) is 15.2. The summed E-state index contributed by atoms with van der Waals surface area (Å²) in [5, 5.41) is 20.6. The highest BCUT2D eigenvalue weighted by Gasteiger charge is 2.45. The number of carbonyl (C=O) groups is 1. The molecule has 32 heavy (non-hydrogen) atoms. The van der Waals surface area contributed by atoms with E-state index in [-0.39, 0.29) is 17.0 Å². The van der Waals surface area contributed by atoms with Crippen LogP contribution in [-0.4, -0.2) is 60.6 Å². The number of nitrogens with zero attached hydrogens (tertiary/aromatic N) is 4. The summed E-state index contributed by atoms with van der Waals surface area (Å²) in [5.41, 5.74) is 5.56. The molecule has 5 atom stereocenters. The molecule has 0 amide bonds. The monoisotopic (exact) mass is 468 g/mol. The van der Waals surface area contributed by atoms with Gasteiger partial charge in [-0.05, 0) is 12.1 Å². The van der Waals surface area contributed by atoms with Crippen LogP contribution >= 0.6 is 7.82 Å². The Morgan fingerprint density at radius 2 is 2.03 bits per heavy atom. The third-order valence-electron chi connectivity index (χ3n) is 4.68. The number of aromatic nitrogens is 4. The predicted octanol–water partition coefficient (Wildman–Crippen LogP) is -0.491. The summed E-state index contributed by atoms with van der Waals surface area (Å²) in [5.74, 6) is -2.37. The number of carbonyl (C=O) groups excluding carboxylic acids is 1. The van der Waals surface area contributed by atoms with Crippen molar-refractivity contribution in [3.8, 4) is 0 Å². The van der Waals surface area contributed by atoms with Crippen molar-refractivity contribution < 1.29 is 42.6 Å². The number of phosphoric ester groups is 1. The molecule has 0 aliphatic carbocycles. The van der Waals surface area contributed by atoms with Crippen LogP contribution in [-0.2, 0) is 18.3 Å². The van der Waals surface area contributed by atoms with Crippen molar-refractivity contribution in [2.75, 3.05) is 12.3 Å². The molecular formula is C17H16FN5O8P-. The Hall–Kier alpha value is -3.00. The number of nitrogen functional groups attached to an aromatic ring is 1. The molecule has 3 heterocycles. The molecular weight excluding hydrogens is 452 g/mol. The SMILES string of the molecule is Nc1ncnc2c1ncn2[C@@H]1O[C@H](COP(=O)([O-])OC(=O)c2ccccc2F)[C@@H](O)[C@H]1O. The van der Waals surface area contributed by atoms with E-state index < -0.39 is 56.3 Å². The van der Waals surface area contributed by atoms with Gasteiger partial charge >= 0.3 is 13.8 Å². The Kier molecular flexibility index (Phi) is 5.90. The molecule has 1 aliphatic rings. The molecule has 4 rings (SSSR count). The largest absolute Gasteiger partial charge is 0.746 e. The van der Waals surface area contributed by atoms with Gasteiger partial charge in [0.05, 0.1) is 18.5 Å². The first-order valence-corrected chi connectivity index (χ1v) is 10.5. The van der Waals surface area contributed by atoms with Crippen LogP contribution in [0.4, 0.5) is 10.2 Å². The number of hydrogen-bond donors (Lipinski definition) is 3. The number of aliphatic hydroxyl groups excluding tert-OH is 2. The maximum absolute atomic E-state index is 13.6. The molecule has 170 valence electrons. The van der Waals surface area contributed by atoms with Crippen molar-refractivity contribution in [1.29, 1.82) is 0 Å². The molecule has 4 N–H and O–H groups in total. The van der Waals surface area contributed by atoms with E-state index >= 15 is 0 Å². The van der Waals surface area contributed by atoms with Crippen molar-refractivity contribution in [3.63, 3.8) is 0 Å². The Labute approximate surface area is 178 Å². The number of aliphatic hydroxyl groups is 2. The van der Waals surface area contributed by atoms with Gasteiger partial charge in [-0.1, -0.05) is 12.1 Å². The van der Waals surface area contributed by atoms with Gasteiger partial charge in [-0.15, -0.1) is 0 Å².